The SMILES string of the molecule is COc1ccc(N2C(=O)[C@@H]3[C@H](c4ccc(OC)cc4O)N[C@](Cc4ccccc4)(C(=O)O)[C@H]3C2=O)cc1. The van der Waals surface area contributed by atoms with Gasteiger partial charge in [-0.2, -0.15) is 0 Å². The molecule has 2 aliphatic heterocycles. The Bertz CT molecular complexity index is 1360. The van der Waals surface area contributed by atoms with Crippen molar-refractivity contribution < 1.29 is 34.1 Å². The molecule has 2 saturated heterocycles. The van der Waals surface area contributed by atoms with Gasteiger partial charge in [-0.3, -0.25) is 19.7 Å². The Morgan fingerprint density at radius 1 is 0.946 bits per heavy atom. The highest BCUT2D eigenvalue weighted by Gasteiger charge is 2.68. The van der Waals surface area contributed by atoms with Gasteiger partial charge in [0, 0.05) is 24.1 Å². The van der Waals surface area contributed by atoms with E-state index in [1.54, 1.807) is 60.7 Å². The number of fused-ring (bicyclic) bond motifs is 1. The first kappa shape index (κ1) is 24.3. The maximum absolute atomic E-state index is 13.9. The number of aromatic hydroxyl groups is 1. The fourth-order valence-corrected chi connectivity index (χ4v) is 5.52. The summed E-state index contributed by atoms with van der Waals surface area (Å²) in [7, 11) is 2.97. The van der Waals surface area contributed by atoms with Gasteiger partial charge in [0.05, 0.1) is 31.7 Å². The smallest absolute Gasteiger partial charge is 0.325 e. The van der Waals surface area contributed by atoms with Gasteiger partial charge in [-0.25, -0.2) is 4.90 Å². The van der Waals surface area contributed by atoms with E-state index in [1.165, 1.54) is 20.3 Å². The number of hydrogen-bond acceptors (Lipinski definition) is 7. The summed E-state index contributed by atoms with van der Waals surface area (Å²) < 4.78 is 10.4. The third-order valence-corrected chi connectivity index (χ3v) is 7.26. The summed E-state index contributed by atoms with van der Waals surface area (Å²) in [6, 6.07) is 19.0. The molecule has 9 nitrogen and oxygen atoms in total. The Hall–Kier alpha value is -4.37. The van der Waals surface area contributed by atoms with Gasteiger partial charge in [-0.1, -0.05) is 36.4 Å². The number of aliphatic carboxylic acids is 1. The van der Waals surface area contributed by atoms with Crippen molar-refractivity contribution in [3.8, 4) is 17.2 Å². The average molecular weight is 503 g/mol. The van der Waals surface area contributed by atoms with Crippen LogP contribution in [0.1, 0.15) is 17.2 Å². The standard InChI is InChI=1S/C28H26N2O7/c1-36-18-10-8-17(9-11-18)30-25(32)22-23(26(30)33)28(27(34)35,15-16-6-4-3-5-7-16)29-24(22)20-13-12-19(37-2)14-21(20)31/h3-14,22-24,29,31H,15H2,1-2H3,(H,34,35)/t22-,23+,24-,28-/m0/s1. The molecule has 3 N–H and O–H groups in total. The molecule has 9 heteroatoms. The Labute approximate surface area is 213 Å². The first-order chi connectivity index (χ1) is 17.8. The minimum Gasteiger partial charge on any atom is -0.507 e. The number of carbonyl (C=O) groups excluding carboxylic acids is 2. The van der Waals surface area contributed by atoms with Gasteiger partial charge in [0.2, 0.25) is 11.8 Å². The largest absolute Gasteiger partial charge is 0.507 e. The topological polar surface area (TPSA) is 125 Å². The van der Waals surface area contributed by atoms with Gasteiger partial charge in [-0.15, -0.1) is 0 Å². The molecule has 2 amide bonds. The lowest BCUT2D eigenvalue weighted by molar-refractivity contribution is -0.148. The zero-order valence-corrected chi connectivity index (χ0v) is 20.3. The zero-order chi connectivity index (χ0) is 26.3. The van der Waals surface area contributed by atoms with Crippen LogP contribution in [0.5, 0.6) is 17.2 Å². The van der Waals surface area contributed by atoms with E-state index in [1.807, 2.05) is 6.07 Å². The normalized spacial score (nSPS) is 24.7. The second-order valence-electron chi connectivity index (χ2n) is 9.20. The molecule has 0 spiro atoms. The number of carboxylic acid groups (broad SMARTS) is 1. The quantitative estimate of drug-likeness (QED) is 0.421. The van der Waals surface area contributed by atoms with Crippen molar-refractivity contribution in [3.05, 3.63) is 83.9 Å². The third-order valence-electron chi connectivity index (χ3n) is 7.26. The number of phenolic OH excluding ortho intramolecular Hbond substituents is 1. The lowest BCUT2D eigenvalue weighted by Crippen LogP contribution is -2.57. The van der Waals surface area contributed by atoms with E-state index in [0.29, 0.717) is 28.3 Å². The number of phenols is 1. The maximum atomic E-state index is 13.9. The highest BCUT2D eigenvalue weighted by molar-refractivity contribution is 6.24. The van der Waals surface area contributed by atoms with Gasteiger partial charge in [0.1, 0.15) is 22.8 Å². The minimum absolute atomic E-state index is 0.0345. The van der Waals surface area contributed by atoms with Crippen LogP contribution in [0.25, 0.3) is 0 Å². The van der Waals surface area contributed by atoms with Crippen LogP contribution in [0.2, 0.25) is 0 Å². The molecule has 0 bridgehead atoms. The molecule has 3 aromatic carbocycles. The Kier molecular flexibility index (Phi) is 6.08. The Morgan fingerprint density at radius 3 is 2.19 bits per heavy atom. The monoisotopic (exact) mass is 502 g/mol. The fourth-order valence-electron chi connectivity index (χ4n) is 5.52. The minimum atomic E-state index is -1.79. The molecule has 2 fully saturated rings. The number of methoxy groups -OCH3 is 2. The summed E-state index contributed by atoms with van der Waals surface area (Å²) in [4.78, 5) is 41.8. The summed E-state index contributed by atoms with van der Waals surface area (Å²) >= 11 is 0. The van der Waals surface area contributed by atoms with E-state index < -0.39 is 41.2 Å². The summed E-state index contributed by atoms with van der Waals surface area (Å²) in [6.07, 6.45) is -0.0345. The molecule has 0 radical (unpaired) electrons. The van der Waals surface area contributed by atoms with E-state index in [-0.39, 0.29) is 12.2 Å². The third kappa shape index (κ3) is 3.88. The van der Waals surface area contributed by atoms with E-state index >= 15 is 0 Å². The second kappa shape index (κ2) is 9.25. The van der Waals surface area contributed by atoms with Crippen LogP contribution in [0.15, 0.2) is 72.8 Å². The van der Waals surface area contributed by atoms with Crippen molar-refractivity contribution in [1.82, 2.24) is 5.32 Å². The zero-order valence-electron chi connectivity index (χ0n) is 20.3. The molecule has 2 heterocycles. The number of carboxylic acids is 1. The van der Waals surface area contributed by atoms with Crippen molar-refractivity contribution in [2.24, 2.45) is 11.8 Å². The van der Waals surface area contributed by atoms with Gasteiger partial charge in [0.25, 0.3) is 0 Å². The van der Waals surface area contributed by atoms with Crippen molar-refractivity contribution in [3.63, 3.8) is 0 Å². The first-order valence-corrected chi connectivity index (χ1v) is 11.7. The number of carbonyl (C=O) groups is 3. The molecule has 5 rings (SSSR count). The summed E-state index contributed by atoms with van der Waals surface area (Å²) in [6.45, 7) is 0. The molecule has 0 unspecified atom stereocenters. The molecule has 190 valence electrons. The molecule has 3 aromatic rings. The summed E-state index contributed by atoms with van der Waals surface area (Å²) in [5.41, 5.74) is -0.470. The average Bonchev–Trinajstić information content (AvgIpc) is 3.38. The molecule has 0 aliphatic carbocycles. The van der Waals surface area contributed by atoms with E-state index in [2.05, 4.69) is 5.32 Å². The highest BCUT2D eigenvalue weighted by Crippen LogP contribution is 2.52. The Balaban J connectivity index is 1.65. The van der Waals surface area contributed by atoms with Crippen LogP contribution in [-0.4, -0.2) is 47.8 Å². The maximum Gasteiger partial charge on any atom is 0.325 e. The number of rotatable bonds is 7. The van der Waals surface area contributed by atoms with E-state index in [4.69, 9.17) is 9.47 Å². The van der Waals surface area contributed by atoms with Gasteiger partial charge in [-0.05, 0) is 35.9 Å². The van der Waals surface area contributed by atoms with Crippen LogP contribution < -0.4 is 19.7 Å². The van der Waals surface area contributed by atoms with Crippen LogP contribution >= 0.6 is 0 Å². The predicted molar refractivity (Wildman–Crippen MR) is 134 cm³/mol. The van der Waals surface area contributed by atoms with Gasteiger partial charge in [0.15, 0.2) is 0 Å². The number of amides is 2. The van der Waals surface area contributed by atoms with E-state index in [9.17, 15) is 24.6 Å². The van der Waals surface area contributed by atoms with Crippen molar-refractivity contribution in [1.29, 1.82) is 0 Å². The molecule has 4 atom stereocenters. The lowest BCUT2D eigenvalue weighted by atomic mass is 9.76. The number of ether oxygens (including phenoxy) is 2. The number of benzene rings is 3. The molecule has 0 aromatic heterocycles. The predicted octanol–water partition coefficient (Wildman–Crippen LogP) is 2.93. The summed E-state index contributed by atoms with van der Waals surface area (Å²) in [5.74, 6) is -3.89. The van der Waals surface area contributed by atoms with E-state index in [0.717, 1.165) is 4.90 Å². The molecule has 37 heavy (non-hydrogen) atoms. The molecule has 0 saturated carbocycles. The first-order valence-electron chi connectivity index (χ1n) is 11.7. The summed E-state index contributed by atoms with van der Waals surface area (Å²) in [5, 5.41) is 24.5. The van der Waals surface area contributed by atoms with Crippen LogP contribution in [0.3, 0.4) is 0 Å². The number of anilines is 1. The highest BCUT2D eigenvalue weighted by atomic mass is 16.5. The van der Waals surface area contributed by atoms with Gasteiger partial charge < -0.3 is 19.7 Å². The van der Waals surface area contributed by atoms with Crippen LogP contribution in [-0.2, 0) is 20.8 Å². The number of hydrogen-bond donors (Lipinski definition) is 3. The Morgan fingerprint density at radius 2 is 1.59 bits per heavy atom. The number of imide groups is 1. The number of nitrogens with one attached hydrogen (secondary N) is 1. The molecular weight excluding hydrogens is 476 g/mol. The van der Waals surface area contributed by atoms with Crippen molar-refractivity contribution in [2.45, 2.75) is 18.0 Å². The van der Waals surface area contributed by atoms with Crippen molar-refractivity contribution >= 4 is 23.5 Å². The lowest BCUT2D eigenvalue weighted by Gasteiger charge is -2.31. The molecular formula is C28H26N2O7. The van der Waals surface area contributed by atoms with Crippen molar-refractivity contribution in [2.75, 3.05) is 19.1 Å². The second-order valence-corrected chi connectivity index (χ2v) is 9.20. The molecule has 2 aliphatic rings. The number of nitrogens with zero attached hydrogens (tertiary/aromatic N) is 1. The fraction of sp³-hybridized carbons (Fsp3) is 0.250. The van der Waals surface area contributed by atoms with Crippen LogP contribution in [0, 0.1) is 11.8 Å². The van der Waals surface area contributed by atoms with Crippen LogP contribution in [0.4, 0.5) is 5.69 Å². The van der Waals surface area contributed by atoms with Gasteiger partial charge >= 0.3 is 5.97 Å².